The van der Waals surface area contributed by atoms with Gasteiger partial charge in [0.25, 0.3) is 0 Å². The first-order chi connectivity index (χ1) is 10.1. The second-order valence-electron chi connectivity index (χ2n) is 5.73. The summed E-state index contributed by atoms with van der Waals surface area (Å²) in [6, 6.07) is 14.6. The molecular weight excluding hydrogens is 258 g/mol. The second-order valence-corrected chi connectivity index (χ2v) is 5.73. The molecule has 0 radical (unpaired) electrons. The summed E-state index contributed by atoms with van der Waals surface area (Å²) in [5.74, 6) is 0.145. The van der Waals surface area contributed by atoms with Crippen LogP contribution in [0.1, 0.15) is 28.7 Å². The van der Waals surface area contributed by atoms with Crippen LogP contribution >= 0.6 is 0 Å². The lowest BCUT2D eigenvalue weighted by Crippen LogP contribution is -2.30. The van der Waals surface area contributed by atoms with E-state index in [1.165, 1.54) is 23.2 Å². The summed E-state index contributed by atoms with van der Waals surface area (Å²) in [7, 11) is 0. The van der Waals surface area contributed by atoms with E-state index in [9.17, 15) is 0 Å². The molecule has 2 aromatic rings. The molecule has 1 aliphatic heterocycles. The highest BCUT2D eigenvalue weighted by Gasteiger charge is 2.18. The number of anilines is 1. The van der Waals surface area contributed by atoms with Crippen molar-refractivity contribution in [1.29, 1.82) is 5.41 Å². The molecule has 3 heteroatoms. The van der Waals surface area contributed by atoms with E-state index in [1.807, 2.05) is 18.2 Å². The number of nitrogens with two attached hydrogens (primary N) is 1. The van der Waals surface area contributed by atoms with Gasteiger partial charge in [0.1, 0.15) is 5.84 Å². The van der Waals surface area contributed by atoms with Crippen molar-refractivity contribution in [3.8, 4) is 0 Å². The van der Waals surface area contributed by atoms with Crippen molar-refractivity contribution in [3.63, 3.8) is 0 Å². The van der Waals surface area contributed by atoms with Crippen LogP contribution in [0.4, 0.5) is 5.69 Å². The van der Waals surface area contributed by atoms with Crippen LogP contribution in [0.3, 0.4) is 0 Å². The SMILES string of the molecule is Cc1ccc2c(c1)CCCN2Cc1ccccc1C(=N)N. The van der Waals surface area contributed by atoms with Crippen molar-refractivity contribution in [2.75, 3.05) is 11.4 Å². The molecule has 2 aromatic carbocycles. The van der Waals surface area contributed by atoms with Gasteiger partial charge in [-0.15, -0.1) is 0 Å². The van der Waals surface area contributed by atoms with Crippen molar-refractivity contribution in [2.24, 2.45) is 5.73 Å². The highest BCUT2D eigenvalue weighted by Crippen LogP contribution is 2.29. The Morgan fingerprint density at radius 2 is 2.05 bits per heavy atom. The number of aryl methyl sites for hydroxylation is 2. The first kappa shape index (κ1) is 13.7. The van der Waals surface area contributed by atoms with Crippen LogP contribution in [-0.4, -0.2) is 12.4 Å². The van der Waals surface area contributed by atoms with E-state index in [1.54, 1.807) is 0 Å². The van der Waals surface area contributed by atoms with Crippen LogP contribution in [0.5, 0.6) is 0 Å². The predicted molar refractivity (Wildman–Crippen MR) is 88.0 cm³/mol. The van der Waals surface area contributed by atoms with Crippen molar-refractivity contribution >= 4 is 11.5 Å². The maximum absolute atomic E-state index is 7.73. The standard InChI is InChI=1S/C18H21N3/c1-13-8-9-17-14(11-13)6-4-10-21(17)12-15-5-2-3-7-16(15)18(19)20/h2-3,5,7-9,11H,4,6,10,12H2,1H3,(H3,19,20). The number of nitrogens with one attached hydrogen (secondary N) is 1. The van der Waals surface area contributed by atoms with E-state index in [0.29, 0.717) is 0 Å². The lowest BCUT2D eigenvalue weighted by Gasteiger charge is -2.32. The average molecular weight is 279 g/mol. The van der Waals surface area contributed by atoms with Gasteiger partial charge in [-0.25, -0.2) is 0 Å². The molecule has 0 fully saturated rings. The highest BCUT2D eigenvalue weighted by atomic mass is 15.1. The van der Waals surface area contributed by atoms with E-state index < -0.39 is 0 Å². The zero-order valence-corrected chi connectivity index (χ0v) is 12.4. The Hall–Kier alpha value is -2.29. The van der Waals surface area contributed by atoms with Gasteiger partial charge in [0, 0.05) is 24.3 Å². The number of benzene rings is 2. The normalized spacial score (nSPS) is 13.9. The number of nitrogens with zero attached hydrogens (tertiary/aromatic N) is 1. The molecule has 0 unspecified atom stereocenters. The first-order valence-electron chi connectivity index (χ1n) is 7.42. The van der Waals surface area contributed by atoms with Crippen LogP contribution in [0.15, 0.2) is 42.5 Å². The third-order valence-corrected chi connectivity index (χ3v) is 4.12. The number of fused-ring (bicyclic) bond motifs is 1. The highest BCUT2D eigenvalue weighted by molar-refractivity contribution is 5.96. The summed E-state index contributed by atoms with van der Waals surface area (Å²) in [6.45, 7) is 4.01. The van der Waals surface area contributed by atoms with Gasteiger partial charge in [-0.2, -0.15) is 0 Å². The molecule has 3 nitrogen and oxygen atoms in total. The molecule has 0 aliphatic carbocycles. The largest absolute Gasteiger partial charge is 0.384 e. The van der Waals surface area contributed by atoms with Gasteiger partial charge >= 0.3 is 0 Å². The number of hydrogen-bond acceptors (Lipinski definition) is 2. The maximum Gasteiger partial charge on any atom is 0.123 e. The fraction of sp³-hybridized carbons (Fsp3) is 0.278. The fourth-order valence-corrected chi connectivity index (χ4v) is 3.09. The lowest BCUT2D eigenvalue weighted by atomic mass is 9.98. The van der Waals surface area contributed by atoms with E-state index >= 15 is 0 Å². The van der Waals surface area contributed by atoms with Gasteiger partial charge in [0.15, 0.2) is 0 Å². The minimum atomic E-state index is 0.145. The maximum atomic E-state index is 7.73. The second kappa shape index (κ2) is 5.60. The molecule has 0 saturated heterocycles. The third-order valence-electron chi connectivity index (χ3n) is 4.12. The third kappa shape index (κ3) is 2.77. The lowest BCUT2D eigenvalue weighted by molar-refractivity contribution is 0.690. The average Bonchev–Trinajstić information content (AvgIpc) is 2.47. The van der Waals surface area contributed by atoms with E-state index in [0.717, 1.165) is 30.6 Å². The summed E-state index contributed by atoms with van der Waals surface area (Å²) in [4.78, 5) is 2.40. The zero-order chi connectivity index (χ0) is 14.8. The molecule has 108 valence electrons. The Bertz CT molecular complexity index is 676. The first-order valence-corrected chi connectivity index (χ1v) is 7.42. The van der Waals surface area contributed by atoms with E-state index in [2.05, 4.69) is 36.1 Å². The molecule has 3 rings (SSSR count). The summed E-state index contributed by atoms with van der Waals surface area (Å²) in [6.07, 6.45) is 2.33. The predicted octanol–water partition coefficient (Wildman–Crippen LogP) is 3.23. The minimum Gasteiger partial charge on any atom is -0.384 e. The Kier molecular flexibility index (Phi) is 3.65. The Labute approximate surface area is 125 Å². The monoisotopic (exact) mass is 279 g/mol. The summed E-state index contributed by atoms with van der Waals surface area (Å²) in [5, 5.41) is 7.73. The molecule has 1 heterocycles. The van der Waals surface area contributed by atoms with Crippen molar-refractivity contribution in [1.82, 2.24) is 0 Å². The van der Waals surface area contributed by atoms with Crippen LogP contribution < -0.4 is 10.6 Å². The Morgan fingerprint density at radius 1 is 1.24 bits per heavy atom. The fourth-order valence-electron chi connectivity index (χ4n) is 3.09. The van der Waals surface area contributed by atoms with Gasteiger partial charge in [-0.1, -0.05) is 42.0 Å². The van der Waals surface area contributed by atoms with Crippen LogP contribution in [0.25, 0.3) is 0 Å². The molecular formula is C18H21N3. The molecule has 0 saturated carbocycles. The summed E-state index contributed by atoms with van der Waals surface area (Å²) < 4.78 is 0. The quantitative estimate of drug-likeness (QED) is 0.669. The van der Waals surface area contributed by atoms with Crippen molar-refractivity contribution in [2.45, 2.75) is 26.3 Å². The number of nitrogen functional groups attached to an aromatic ring is 1. The summed E-state index contributed by atoms with van der Waals surface area (Å²) >= 11 is 0. The van der Waals surface area contributed by atoms with Crippen LogP contribution in [-0.2, 0) is 13.0 Å². The molecule has 21 heavy (non-hydrogen) atoms. The molecule has 0 aromatic heterocycles. The molecule has 0 atom stereocenters. The Morgan fingerprint density at radius 3 is 2.86 bits per heavy atom. The van der Waals surface area contributed by atoms with Gasteiger partial charge in [0.2, 0.25) is 0 Å². The van der Waals surface area contributed by atoms with Crippen molar-refractivity contribution in [3.05, 3.63) is 64.7 Å². The molecule has 0 spiro atoms. The summed E-state index contributed by atoms with van der Waals surface area (Å²) in [5.41, 5.74) is 11.7. The zero-order valence-electron chi connectivity index (χ0n) is 12.4. The number of hydrogen-bond donors (Lipinski definition) is 2. The minimum absolute atomic E-state index is 0.145. The molecule has 0 amide bonds. The smallest absolute Gasteiger partial charge is 0.123 e. The number of amidine groups is 1. The molecule has 3 N–H and O–H groups in total. The van der Waals surface area contributed by atoms with Gasteiger partial charge in [0.05, 0.1) is 0 Å². The number of rotatable bonds is 3. The Balaban J connectivity index is 1.92. The van der Waals surface area contributed by atoms with Crippen LogP contribution in [0, 0.1) is 12.3 Å². The van der Waals surface area contributed by atoms with Gasteiger partial charge in [-0.05, 0) is 37.0 Å². The molecule has 1 aliphatic rings. The van der Waals surface area contributed by atoms with Crippen molar-refractivity contribution < 1.29 is 0 Å². The van der Waals surface area contributed by atoms with E-state index in [4.69, 9.17) is 11.1 Å². The molecule has 0 bridgehead atoms. The van der Waals surface area contributed by atoms with Gasteiger partial charge in [-0.3, -0.25) is 5.41 Å². The van der Waals surface area contributed by atoms with Crippen LogP contribution in [0.2, 0.25) is 0 Å². The van der Waals surface area contributed by atoms with Gasteiger partial charge < -0.3 is 10.6 Å². The van der Waals surface area contributed by atoms with E-state index in [-0.39, 0.29) is 5.84 Å². The topological polar surface area (TPSA) is 53.1 Å².